The third kappa shape index (κ3) is 3.50. The number of rotatable bonds is 0. The number of anilines is 1. The van der Waals surface area contributed by atoms with Crippen LogP contribution in [0.15, 0.2) is 77.9 Å². The predicted octanol–water partition coefficient (Wildman–Crippen LogP) is 5.32. The van der Waals surface area contributed by atoms with Gasteiger partial charge in [0.05, 0.1) is 11.4 Å². The van der Waals surface area contributed by atoms with Crippen LogP contribution in [0.4, 0.5) is 11.4 Å². The molecule has 0 fully saturated rings. The van der Waals surface area contributed by atoms with Gasteiger partial charge in [-0.05, 0) is 69.5 Å². The molecule has 30 heavy (non-hydrogen) atoms. The molecule has 1 aliphatic heterocycles. The number of hydrogen-bond donors (Lipinski definition) is 1. The molecule has 0 amide bonds. The van der Waals surface area contributed by atoms with Crippen molar-refractivity contribution in [3.8, 4) is 0 Å². The molecule has 1 unspecified atom stereocenters. The fourth-order valence-electron chi connectivity index (χ4n) is 4.70. The Hall–Kier alpha value is -3.39. The van der Waals surface area contributed by atoms with Gasteiger partial charge >= 0.3 is 0 Å². The molecule has 1 N–H and O–H groups in total. The molecule has 3 aromatic carbocycles. The third-order valence-corrected chi connectivity index (χ3v) is 6.06. The Balaban J connectivity index is 0.000000149. The van der Waals surface area contributed by atoms with Crippen LogP contribution in [-0.4, -0.2) is 6.21 Å². The highest BCUT2D eigenvalue weighted by atomic mass is 14.9. The van der Waals surface area contributed by atoms with E-state index >= 15 is 0 Å². The number of nitrogens with zero attached hydrogens (tertiary/aromatic N) is 1. The Bertz CT molecular complexity index is 1360. The Morgan fingerprint density at radius 3 is 2.73 bits per heavy atom. The number of para-hydroxylation sites is 2. The van der Waals surface area contributed by atoms with Crippen molar-refractivity contribution in [2.45, 2.75) is 32.1 Å². The maximum Gasteiger partial charge on any atom is 0.0864 e. The van der Waals surface area contributed by atoms with Gasteiger partial charge in [0, 0.05) is 18.3 Å². The van der Waals surface area contributed by atoms with Gasteiger partial charge in [-0.3, -0.25) is 4.99 Å². The average Bonchev–Trinajstić information content (AvgIpc) is 3.05. The number of aliphatic imine (C=N–C) groups is 1. The van der Waals surface area contributed by atoms with E-state index in [9.17, 15) is 0 Å². The second-order valence-corrected chi connectivity index (χ2v) is 8.03. The monoisotopic (exact) mass is 390 g/mol. The average molecular weight is 391 g/mol. The van der Waals surface area contributed by atoms with Crippen LogP contribution in [0.5, 0.6) is 0 Å². The number of benzene rings is 3. The van der Waals surface area contributed by atoms with Crippen molar-refractivity contribution in [3.63, 3.8) is 0 Å². The second kappa shape index (κ2) is 8.16. The van der Waals surface area contributed by atoms with Crippen LogP contribution in [0, 0.1) is 10.4 Å². The van der Waals surface area contributed by atoms with E-state index in [0.29, 0.717) is 5.92 Å². The zero-order chi connectivity index (χ0) is 20.3. The fourth-order valence-corrected chi connectivity index (χ4v) is 4.70. The molecular weight excluding hydrogens is 364 g/mol. The molecule has 2 heteroatoms. The summed E-state index contributed by atoms with van der Waals surface area (Å²) in [6.45, 7) is 2.34. The van der Waals surface area contributed by atoms with Gasteiger partial charge in [0.15, 0.2) is 0 Å². The van der Waals surface area contributed by atoms with E-state index < -0.39 is 0 Å². The normalized spacial score (nSPS) is 17.3. The molecule has 2 aliphatic carbocycles. The van der Waals surface area contributed by atoms with Crippen molar-refractivity contribution in [2.75, 3.05) is 5.32 Å². The first kappa shape index (κ1) is 18.6. The van der Waals surface area contributed by atoms with Crippen LogP contribution in [0.1, 0.15) is 36.8 Å². The topological polar surface area (TPSA) is 24.4 Å². The minimum atomic E-state index is 0.534. The lowest BCUT2D eigenvalue weighted by molar-refractivity contribution is 0.808. The Morgan fingerprint density at radius 2 is 1.77 bits per heavy atom. The predicted molar refractivity (Wildman–Crippen MR) is 127 cm³/mol. The summed E-state index contributed by atoms with van der Waals surface area (Å²) in [4.78, 5) is 4.21. The number of allylic oxidation sites excluding steroid dienone is 1. The van der Waals surface area contributed by atoms with Crippen LogP contribution in [0.25, 0.3) is 12.2 Å². The summed E-state index contributed by atoms with van der Waals surface area (Å²) < 4.78 is 0. The van der Waals surface area contributed by atoms with Crippen LogP contribution in [0.3, 0.4) is 0 Å². The summed E-state index contributed by atoms with van der Waals surface area (Å²) in [6.07, 6.45) is 14.1. The summed E-state index contributed by atoms with van der Waals surface area (Å²) >= 11 is 0. The van der Waals surface area contributed by atoms with Gasteiger partial charge in [-0.15, -0.1) is 0 Å². The zero-order valence-electron chi connectivity index (χ0n) is 17.3. The molecule has 0 saturated heterocycles. The van der Waals surface area contributed by atoms with Gasteiger partial charge in [0.1, 0.15) is 0 Å². The van der Waals surface area contributed by atoms with E-state index in [1.165, 1.54) is 40.1 Å². The van der Waals surface area contributed by atoms with Gasteiger partial charge in [0.25, 0.3) is 0 Å². The van der Waals surface area contributed by atoms with E-state index in [-0.39, 0.29) is 0 Å². The lowest BCUT2D eigenvalue weighted by atomic mass is 9.84. The van der Waals surface area contributed by atoms with Crippen molar-refractivity contribution in [1.82, 2.24) is 0 Å². The molecule has 3 aromatic rings. The van der Waals surface area contributed by atoms with E-state index in [2.05, 4.69) is 65.8 Å². The molecular formula is C28H26N2. The van der Waals surface area contributed by atoms with Gasteiger partial charge in [-0.25, -0.2) is 0 Å². The third-order valence-electron chi connectivity index (χ3n) is 6.06. The molecule has 1 heterocycles. The summed E-state index contributed by atoms with van der Waals surface area (Å²) in [5.41, 5.74) is 5.21. The quantitative estimate of drug-likeness (QED) is 0.552. The van der Waals surface area contributed by atoms with Crippen LogP contribution < -0.4 is 15.8 Å². The zero-order valence-corrected chi connectivity index (χ0v) is 17.3. The van der Waals surface area contributed by atoms with Gasteiger partial charge in [0.2, 0.25) is 0 Å². The second-order valence-electron chi connectivity index (χ2n) is 8.03. The van der Waals surface area contributed by atoms with Crippen molar-refractivity contribution in [2.24, 2.45) is 4.99 Å². The Morgan fingerprint density at radius 1 is 0.900 bits per heavy atom. The molecule has 0 bridgehead atoms. The maximum absolute atomic E-state index is 4.21. The first-order valence-electron chi connectivity index (χ1n) is 10.8. The van der Waals surface area contributed by atoms with Crippen molar-refractivity contribution in [3.05, 3.63) is 105 Å². The van der Waals surface area contributed by atoms with Crippen molar-refractivity contribution >= 4 is 29.7 Å². The first-order chi connectivity index (χ1) is 14.8. The Labute approximate surface area is 177 Å². The van der Waals surface area contributed by atoms with Crippen molar-refractivity contribution < 1.29 is 0 Å². The maximum atomic E-state index is 4.21. The largest absolute Gasteiger partial charge is 0.360 e. The van der Waals surface area contributed by atoms with Crippen LogP contribution >= 0.6 is 0 Å². The molecule has 148 valence electrons. The smallest absolute Gasteiger partial charge is 0.0864 e. The molecule has 0 spiro atoms. The summed E-state index contributed by atoms with van der Waals surface area (Å²) in [5.74, 6) is 0.534. The lowest BCUT2D eigenvalue weighted by Crippen LogP contribution is -2.21. The molecule has 6 rings (SSSR count). The minimum Gasteiger partial charge on any atom is -0.360 e. The molecule has 3 aliphatic rings. The number of hydrogen-bond acceptors (Lipinski definition) is 2. The molecule has 0 aromatic heterocycles. The van der Waals surface area contributed by atoms with E-state index in [4.69, 9.17) is 0 Å². The van der Waals surface area contributed by atoms with Gasteiger partial charge < -0.3 is 5.32 Å². The van der Waals surface area contributed by atoms with E-state index in [1.54, 1.807) is 17.3 Å². The number of nitrogens with one attached hydrogen (secondary N) is 1. The minimum absolute atomic E-state index is 0.534. The Kier molecular flexibility index (Phi) is 5.06. The highest BCUT2D eigenvalue weighted by Gasteiger charge is 2.16. The molecule has 0 saturated carbocycles. The van der Waals surface area contributed by atoms with Crippen LogP contribution in [-0.2, 0) is 6.42 Å². The van der Waals surface area contributed by atoms with Gasteiger partial charge in [-0.2, -0.15) is 0 Å². The molecule has 1 atom stereocenters. The summed E-state index contributed by atoms with van der Waals surface area (Å²) in [6, 6.07) is 21.4. The summed E-state index contributed by atoms with van der Waals surface area (Å²) in [7, 11) is 0. The number of fused-ring (bicyclic) bond motifs is 5. The highest BCUT2D eigenvalue weighted by molar-refractivity contribution is 5.81. The molecule has 0 radical (unpaired) electrons. The van der Waals surface area contributed by atoms with Gasteiger partial charge in [-0.1, -0.05) is 67.6 Å². The SMILES string of the molecule is C1=CNc2ccccc2N=C1.CC1C=c2ccccc2=c2ccc3c(c21)CCCC=3. The van der Waals surface area contributed by atoms with E-state index in [0.717, 1.165) is 11.4 Å². The fraction of sp³-hybridized carbons (Fsp3) is 0.179. The molecule has 2 nitrogen and oxygen atoms in total. The van der Waals surface area contributed by atoms with Crippen LogP contribution in [0.2, 0.25) is 0 Å². The summed E-state index contributed by atoms with van der Waals surface area (Å²) in [5, 5.41) is 8.85. The first-order valence-corrected chi connectivity index (χ1v) is 10.8. The van der Waals surface area contributed by atoms with E-state index in [1.807, 2.05) is 36.5 Å². The lowest BCUT2D eigenvalue weighted by Gasteiger charge is -2.20. The highest BCUT2D eigenvalue weighted by Crippen LogP contribution is 2.26. The van der Waals surface area contributed by atoms with Crippen molar-refractivity contribution in [1.29, 1.82) is 0 Å². The standard InChI is InChI=1S/C19H18.C9H8N2/c1-13-12-15-7-3-4-8-16(15)18-11-10-14-6-2-5-9-17(14)19(13)18;1-2-5-9-8(4-1)10-6-3-7-11-9/h3-4,6-8,10-13H,2,5,9H2,1H3;1-7,10H.